The van der Waals surface area contributed by atoms with Gasteiger partial charge in [-0.3, -0.25) is 9.79 Å². The topological polar surface area (TPSA) is 92.3 Å². The molecule has 1 heterocycles. The van der Waals surface area contributed by atoms with Crippen LogP contribution in [0.25, 0.3) is 0 Å². The van der Waals surface area contributed by atoms with E-state index in [0.29, 0.717) is 25.7 Å². The molecule has 1 unspecified atom stereocenters. The van der Waals surface area contributed by atoms with E-state index in [1.807, 2.05) is 13.8 Å². The standard InChI is InChI=1S/C20H38N4O4/c1-6-21-19(24-11-9-16(10-12-24)18(25)27-7-2)22-14-17(13-15(4)5)23-20(26)28-8-3/h15-17H,6-14H2,1-5H3,(H,21,22)(H,23,26). The summed E-state index contributed by atoms with van der Waals surface area (Å²) in [4.78, 5) is 30.7. The van der Waals surface area contributed by atoms with Crippen LogP contribution in [0, 0.1) is 11.8 Å². The molecule has 8 nitrogen and oxygen atoms in total. The zero-order valence-corrected chi connectivity index (χ0v) is 18.1. The van der Waals surface area contributed by atoms with E-state index in [9.17, 15) is 9.59 Å². The molecule has 162 valence electrons. The predicted octanol–water partition coefficient (Wildman–Crippen LogP) is 2.39. The lowest BCUT2D eigenvalue weighted by atomic mass is 9.97. The molecule has 28 heavy (non-hydrogen) atoms. The van der Waals surface area contributed by atoms with Gasteiger partial charge in [0.05, 0.1) is 31.7 Å². The van der Waals surface area contributed by atoms with Crippen LogP contribution in [-0.4, -0.2) is 68.4 Å². The third-order valence-electron chi connectivity index (χ3n) is 4.56. The summed E-state index contributed by atoms with van der Waals surface area (Å²) < 4.78 is 10.2. The van der Waals surface area contributed by atoms with E-state index >= 15 is 0 Å². The number of nitrogens with zero attached hydrogens (tertiary/aromatic N) is 2. The van der Waals surface area contributed by atoms with Crippen molar-refractivity contribution in [2.24, 2.45) is 16.8 Å². The third kappa shape index (κ3) is 8.80. The smallest absolute Gasteiger partial charge is 0.407 e. The Hall–Kier alpha value is -1.99. The Morgan fingerprint density at radius 1 is 1.11 bits per heavy atom. The van der Waals surface area contributed by atoms with Crippen LogP contribution >= 0.6 is 0 Å². The Balaban J connectivity index is 2.70. The maximum atomic E-state index is 11.9. The molecule has 1 saturated heterocycles. The zero-order valence-electron chi connectivity index (χ0n) is 18.1. The summed E-state index contributed by atoms with van der Waals surface area (Å²) in [6, 6.07) is -0.0789. The van der Waals surface area contributed by atoms with Crippen LogP contribution in [0.2, 0.25) is 0 Å². The molecule has 8 heteroatoms. The van der Waals surface area contributed by atoms with Crippen molar-refractivity contribution in [2.45, 2.75) is 59.9 Å². The number of alkyl carbamates (subject to hydrolysis) is 1. The van der Waals surface area contributed by atoms with Gasteiger partial charge >= 0.3 is 12.1 Å². The van der Waals surface area contributed by atoms with Gasteiger partial charge in [-0.25, -0.2) is 4.79 Å². The lowest BCUT2D eigenvalue weighted by Gasteiger charge is -2.33. The van der Waals surface area contributed by atoms with Crippen molar-refractivity contribution in [1.82, 2.24) is 15.5 Å². The number of ether oxygens (including phenoxy) is 2. The highest BCUT2D eigenvalue weighted by Crippen LogP contribution is 2.19. The lowest BCUT2D eigenvalue weighted by molar-refractivity contribution is -0.149. The average molecular weight is 399 g/mol. The van der Waals surface area contributed by atoms with E-state index in [-0.39, 0.29) is 17.9 Å². The Labute approximate surface area is 169 Å². The van der Waals surface area contributed by atoms with Crippen molar-refractivity contribution < 1.29 is 19.1 Å². The van der Waals surface area contributed by atoms with Gasteiger partial charge < -0.3 is 25.0 Å². The van der Waals surface area contributed by atoms with Gasteiger partial charge in [0.15, 0.2) is 5.96 Å². The number of hydrogen-bond acceptors (Lipinski definition) is 5. The summed E-state index contributed by atoms with van der Waals surface area (Å²) in [5, 5.41) is 6.23. The molecule has 0 aromatic rings. The number of likely N-dealkylation sites (tertiary alicyclic amines) is 1. The summed E-state index contributed by atoms with van der Waals surface area (Å²) in [5.74, 6) is 1.13. The first-order valence-electron chi connectivity index (χ1n) is 10.5. The number of piperidine rings is 1. The minimum atomic E-state index is -0.399. The zero-order chi connectivity index (χ0) is 20.9. The number of guanidine groups is 1. The van der Waals surface area contributed by atoms with E-state index in [1.54, 1.807) is 6.92 Å². The number of nitrogens with one attached hydrogen (secondary N) is 2. The van der Waals surface area contributed by atoms with Gasteiger partial charge in [-0.05, 0) is 46.0 Å². The first-order chi connectivity index (χ1) is 13.4. The predicted molar refractivity (Wildman–Crippen MR) is 110 cm³/mol. The molecule has 0 bridgehead atoms. The monoisotopic (exact) mass is 398 g/mol. The van der Waals surface area contributed by atoms with Crippen LogP contribution in [-0.2, 0) is 14.3 Å². The average Bonchev–Trinajstić information content (AvgIpc) is 2.65. The highest BCUT2D eigenvalue weighted by molar-refractivity contribution is 5.80. The largest absolute Gasteiger partial charge is 0.466 e. The quantitative estimate of drug-likeness (QED) is 0.352. The van der Waals surface area contributed by atoms with E-state index in [2.05, 4.69) is 29.4 Å². The maximum absolute atomic E-state index is 11.9. The summed E-state index contributed by atoms with van der Waals surface area (Å²) in [5.41, 5.74) is 0. The summed E-state index contributed by atoms with van der Waals surface area (Å²) >= 11 is 0. The number of esters is 1. The molecule has 0 radical (unpaired) electrons. The van der Waals surface area contributed by atoms with Crippen LogP contribution in [0.5, 0.6) is 0 Å². The van der Waals surface area contributed by atoms with Gasteiger partial charge in [0, 0.05) is 19.6 Å². The fourth-order valence-corrected chi connectivity index (χ4v) is 3.30. The van der Waals surface area contributed by atoms with Crippen LogP contribution in [0.3, 0.4) is 0 Å². The number of amides is 1. The van der Waals surface area contributed by atoms with Crippen molar-refractivity contribution in [1.29, 1.82) is 0 Å². The first-order valence-corrected chi connectivity index (χ1v) is 10.5. The van der Waals surface area contributed by atoms with Crippen molar-refractivity contribution in [2.75, 3.05) is 39.4 Å². The maximum Gasteiger partial charge on any atom is 0.407 e. The van der Waals surface area contributed by atoms with Crippen LogP contribution < -0.4 is 10.6 Å². The van der Waals surface area contributed by atoms with Crippen molar-refractivity contribution in [3.8, 4) is 0 Å². The molecule has 1 atom stereocenters. The van der Waals surface area contributed by atoms with Crippen molar-refractivity contribution >= 4 is 18.0 Å². The SMILES string of the molecule is CCNC(=NCC(CC(C)C)NC(=O)OCC)N1CCC(C(=O)OCC)CC1. The second kappa shape index (κ2) is 13.2. The van der Waals surface area contributed by atoms with Gasteiger partial charge in [-0.1, -0.05) is 13.8 Å². The van der Waals surface area contributed by atoms with Gasteiger partial charge in [-0.15, -0.1) is 0 Å². The highest BCUT2D eigenvalue weighted by atomic mass is 16.5. The Bertz CT molecular complexity index is 502. The second-order valence-electron chi connectivity index (χ2n) is 7.40. The fraction of sp³-hybridized carbons (Fsp3) is 0.850. The van der Waals surface area contributed by atoms with Gasteiger partial charge in [0.1, 0.15) is 0 Å². The molecular formula is C20H38N4O4. The number of rotatable bonds is 9. The van der Waals surface area contributed by atoms with E-state index < -0.39 is 6.09 Å². The minimum absolute atomic E-state index is 0.0294. The summed E-state index contributed by atoms with van der Waals surface area (Å²) in [6.07, 6.45) is 1.95. The number of hydrogen-bond donors (Lipinski definition) is 2. The van der Waals surface area contributed by atoms with Gasteiger partial charge in [-0.2, -0.15) is 0 Å². The summed E-state index contributed by atoms with van der Waals surface area (Å²) in [7, 11) is 0. The molecule has 1 rings (SSSR count). The van der Waals surface area contributed by atoms with Crippen LogP contribution in [0.15, 0.2) is 4.99 Å². The molecule has 0 aromatic carbocycles. The third-order valence-corrected chi connectivity index (χ3v) is 4.56. The van der Waals surface area contributed by atoms with Crippen molar-refractivity contribution in [3.05, 3.63) is 0 Å². The molecule has 0 saturated carbocycles. The highest BCUT2D eigenvalue weighted by Gasteiger charge is 2.27. The van der Waals surface area contributed by atoms with Crippen LogP contribution in [0.1, 0.15) is 53.9 Å². The molecule has 1 aliphatic heterocycles. The summed E-state index contributed by atoms with van der Waals surface area (Å²) in [6.45, 7) is 13.4. The van der Waals surface area contributed by atoms with Gasteiger partial charge in [0.2, 0.25) is 0 Å². The van der Waals surface area contributed by atoms with Crippen molar-refractivity contribution in [3.63, 3.8) is 0 Å². The minimum Gasteiger partial charge on any atom is -0.466 e. The molecule has 2 N–H and O–H groups in total. The molecule has 1 amide bonds. The molecule has 1 aliphatic rings. The van der Waals surface area contributed by atoms with Crippen LogP contribution in [0.4, 0.5) is 4.79 Å². The van der Waals surface area contributed by atoms with E-state index in [4.69, 9.17) is 14.5 Å². The second-order valence-corrected chi connectivity index (χ2v) is 7.40. The molecule has 1 fully saturated rings. The van der Waals surface area contributed by atoms with E-state index in [1.165, 1.54) is 0 Å². The van der Waals surface area contributed by atoms with Gasteiger partial charge in [0.25, 0.3) is 0 Å². The molecular weight excluding hydrogens is 360 g/mol. The Morgan fingerprint density at radius 2 is 1.75 bits per heavy atom. The number of carbonyl (C=O) groups excluding carboxylic acids is 2. The fourth-order valence-electron chi connectivity index (χ4n) is 3.30. The van der Waals surface area contributed by atoms with E-state index in [0.717, 1.165) is 44.9 Å². The number of aliphatic imine (C=N–C) groups is 1. The molecule has 0 spiro atoms. The lowest BCUT2D eigenvalue weighted by Crippen LogP contribution is -2.47. The molecule has 0 aromatic heterocycles. The Kier molecular flexibility index (Phi) is 11.4. The Morgan fingerprint density at radius 3 is 2.29 bits per heavy atom. The first kappa shape index (κ1) is 24.0. The number of carbonyl (C=O) groups is 2. The normalized spacial score (nSPS) is 16.6. The molecule has 0 aliphatic carbocycles.